The number of pyridine rings is 1. The number of hydrogen-bond donors (Lipinski definition) is 0. The molecule has 0 radical (unpaired) electrons. The molecule has 0 atom stereocenters. The van der Waals surface area contributed by atoms with Crippen LogP contribution in [-0.2, 0) is 23.5 Å². The average Bonchev–Trinajstić information content (AvgIpc) is 2.76. The maximum Gasteiger partial charge on any atom is 0.214 e. The number of hydrogen-bond acceptors (Lipinski definition) is 3. The molecule has 3 rings (SSSR count). The summed E-state index contributed by atoms with van der Waals surface area (Å²) in [5, 5.41) is 1.19. The molecule has 3 heterocycles. The van der Waals surface area contributed by atoms with Crippen molar-refractivity contribution in [2.24, 2.45) is 13.0 Å². The van der Waals surface area contributed by atoms with Crippen molar-refractivity contribution in [3.8, 4) is 0 Å². The van der Waals surface area contributed by atoms with Crippen LogP contribution < -0.4 is 0 Å². The second kappa shape index (κ2) is 5.42. The van der Waals surface area contributed by atoms with E-state index in [1.807, 2.05) is 32.4 Å². The van der Waals surface area contributed by atoms with Crippen molar-refractivity contribution in [2.75, 3.05) is 18.8 Å². The molecule has 0 unspecified atom stereocenters. The van der Waals surface area contributed by atoms with E-state index in [9.17, 15) is 8.42 Å². The summed E-state index contributed by atoms with van der Waals surface area (Å²) in [4.78, 5) is 4.50. The molecule has 2 aromatic rings. The molecule has 114 valence electrons. The van der Waals surface area contributed by atoms with Gasteiger partial charge in [0.25, 0.3) is 0 Å². The summed E-state index contributed by atoms with van der Waals surface area (Å²) in [5.74, 6) is 0.635. The van der Waals surface area contributed by atoms with Gasteiger partial charge in [0.1, 0.15) is 0 Å². The van der Waals surface area contributed by atoms with E-state index < -0.39 is 10.0 Å². The third-order valence-corrected chi connectivity index (χ3v) is 6.13. The Morgan fingerprint density at radius 3 is 2.81 bits per heavy atom. The van der Waals surface area contributed by atoms with Crippen molar-refractivity contribution >= 4 is 20.9 Å². The fourth-order valence-electron chi connectivity index (χ4n) is 3.01. The standard InChI is InChI=1S/C15H21N3O2S/c1-3-8-21(19,20)18-10-12(11-18)9-14-15-13(4-6-16-14)5-7-17(15)2/h4-7,12H,3,8-11H2,1-2H3. The molecule has 0 N–H and O–H groups in total. The lowest BCUT2D eigenvalue weighted by Crippen LogP contribution is -2.51. The minimum Gasteiger partial charge on any atom is -0.349 e. The first-order valence-electron chi connectivity index (χ1n) is 7.38. The maximum atomic E-state index is 11.9. The number of aryl methyl sites for hydroxylation is 1. The fraction of sp³-hybridized carbons (Fsp3) is 0.533. The average molecular weight is 307 g/mol. The van der Waals surface area contributed by atoms with E-state index >= 15 is 0 Å². The second-order valence-electron chi connectivity index (χ2n) is 5.83. The molecule has 1 aliphatic heterocycles. The maximum absolute atomic E-state index is 11.9. The van der Waals surface area contributed by atoms with Crippen LogP contribution >= 0.6 is 0 Å². The smallest absolute Gasteiger partial charge is 0.214 e. The zero-order valence-electron chi connectivity index (χ0n) is 12.5. The molecule has 1 aliphatic rings. The van der Waals surface area contributed by atoms with Crippen LogP contribution in [0, 0.1) is 5.92 Å². The summed E-state index contributed by atoms with van der Waals surface area (Å²) in [5.41, 5.74) is 2.23. The van der Waals surface area contributed by atoms with E-state index in [2.05, 4.69) is 15.6 Å². The quantitative estimate of drug-likeness (QED) is 0.846. The lowest BCUT2D eigenvalue weighted by Gasteiger charge is -2.38. The third-order valence-electron chi connectivity index (χ3n) is 4.12. The zero-order chi connectivity index (χ0) is 15.0. The molecule has 0 aliphatic carbocycles. The van der Waals surface area contributed by atoms with Crippen LogP contribution in [-0.4, -0.2) is 41.1 Å². The highest BCUT2D eigenvalue weighted by Crippen LogP contribution is 2.26. The Morgan fingerprint density at radius 2 is 2.10 bits per heavy atom. The van der Waals surface area contributed by atoms with Crippen LogP contribution in [0.15, 0.2) is 24.5 Å². The van der Waals surface area contributed by atoms with Gasteiger partial charge in [-0.25, -0.2) is 12.7 Å². The van der Waals surface area contributed by atoms with E-state index in [-0.39, 0.29) is 5.75 Å². The van der Waals surface area contributed by atoms with Crippen molar-refractivity contribution in [1.82, 2.24) is 13.9 Å². The van der Waals surface area contributed by atoms with Crippen LogP contribution in [0.4, 0.5) is 0 Å². The Morgan fingerprint density at radius 1 is 1.33 bits per heavy atom. The van der Waals surface area contributed by atoms with Crippen molar-refractivity contribution in [1.29, 1.82) is 0 Å². The Labute approximate surface area is 125 Å². The summed E-state index contributed by atoms with van der Waals surface area (Å²) in [6, 6.07) is 4.09. The van der Waals surface area contributed by atoms with E-state index in [1.165, 1.54) is 5.39 Å². The van der Waals surface area contributed by atoms with Crippen LogP contribution in [0.1, 0.15) is 19.0 Å². The van der Waals surface area contributed by atoms with E-state index in [0.717, 1.165) is 17.6 Å². The van der Waals surface area contributed by atoms with Gasteiger partial charge in [-0.2, -0.15) is 0 Å². The Kier molecular flexibility index (Phi) is 3.75. The van der Waals surface area contributed by atoms with Crippen LogP contribution in [0.5, 0.6) is 0 Å². The molecule has 6 heteroatoms. The highest BCUT2D eigenvalue weighted by atomic mass is 32.2. The predicted molar refractivity (Wildman–Crippen MR) is 83.6 cm³/mol. The Bertz CT molecular complexity index is 745. The first-order chi connectivity index (χ1) is 10.0. The van der Waals surface area contributed by atoms with E-state index in [4.69, 9.17) is 0 Å². The summed E-state index contributed by atoms with van der Waals surface area (Å²) in [6.07, 6.45) is 5.39. The largest absolute Gasteiger partial charge is 0.349 e. The number of rotatable bonds is 5. The van der Waals surface area contributed by atoms with Crippen molar-refractivity contribution in [3.63, 3.8) is 0 Å². The normalized spacial score (nSPS) is 17.2. The highest BCUT2D eigenvalue weighted by Gasteiger charge is 2.35. The number of sulfonamides is 1. The molecule has 0 aromatic carbocycles. The molecule has 21 heavy (non-hydrogen) atoms. The monoisotopic (exact) mass is 307 g/mol. The summed E-state index contributed by atoms with van der Waals surface area (Å²) in [7, 11) is -1.01. The van der Waals surface area contributed by atoms with Crippen LogP contribution in [0.25, 0.3) is 10.9 Å². The Hall–Kier alpha value is -1.40. The van der Waals surface area contributed by atoms with Gasteiger partial charge in [0.15, 0.2) is 0 Å². The number of nitrogens with zero attached hydrogens (tertiary/aromatic N) is 3. The fourth-order valence-corrected chi connectivity index (χ4v) is 4.66. The molecule has 0 bridgehead atoms. The molecule has 2 aromatic heterocycles. The van der Waals surface area contributed by atoms with Gasteiger partial charge in [0, 0.05) is 37.9 Å². The van der Waals surface area contributed by atoms with Crippen molar-refractivity contribution in [2.45, 2.75) is 19.8 Å². The molecule has 1 fully saturated rings. The molecule has 0 amide bonds. The zero-order valence-corrected chi connectivity index (χ0v) is 13.3. The third kappa shape index (κ3) is 2.70. The molecular formula is C15H21N3O2S. The topological polar surface area (TPSA) is 55.2 Å². The molecule has 5 nitrogen and oxygen atoms in total. The van der Waals surface area contributed by atoms with Gasteiger partial charge in [-0.05, 0) is 30.9 Å². The Balaban J connectivity index is 1.70. The highest BCUT2D eigenvalue weighted by molar-refractivity contribution is 7.89. The van der Waals surface area contributed by atoms with Crippen LogP contribution in [0.3, 0.4) is 0 Å². The summed E-state index contributed by atoms with van der Waals surface area (Å²) in [6.45, 7) is 3.16. The molecule has 0 spiro atoms. The number of fused-ring (bicyclic) bond motifs is 1. The summed E-state index contributed by atoms with van der Waals surface area (Å²) >= 11 is 0. The molecule has 0 saturated carbocycles. The van der Waals surface area contributed by atoms with Crippen molar-refractivity contribution < 1.29 is 8.42 Å². The molecular weight excluding hydrogens is 286 g/mol. The first kappa shape index (κ1) is 14.5. The van der Waals surface area contributed by atoms with Gasteiger partial charge >= 0.3 is 0 Å². The second-order valence-corrected chi connectivity index (χ2v) is 7.91. The first-order valence-corrected chi connectivity index (χ1v) is 8.99. The van der Waals surface area contributed by atoms with Crippen molar-refractivity contribution in [3.05, 3.63) is 30.2 Å². The van der Waals surface area contributed by atoms with Gasteiger partial charge in [-0.15, -0.1) is 0 Å². The van der Waals surface area contributed by atoms with E-state index in [0.29, 0.717) is 25.4 Å². The van der Waals surface area contributed by atoms with E-state index in [1.54, 1.807) is 4.31 Å². The lowest BCUT2D eigenvalue weighted by molar-refractivity contribution is 0.199. The number of aromatic nitrogens is 2. The summed E-state index contributed by atoms with van der Waals surface area (Å²) < 4.78 is 27.6. The predicted octanol–water partition coefficient (Wildman–Crippen LogP) is 1.79. The lowest BCUT2D eigenvalue weighted by atomic mass is 9.96. The van der Waals surface area contributed by atoms with Crippen LogP contribution in [0.2, 0.25) is 0 Å². The van der Waals surface area contributed by atoms with Gasteiger partial charge < -0.3 is 4.57 Å². The van der Waals surface area contributed by atoms with Gasteiger partial charge in [-0.1, -0.05) is 6.92 Å². The van der Waals surface area contributed by atoms with Gasteiger partial charge in [0.05, 0.1) is 17.0 Å². The minimum atomic E-state index is -3.03. The SMILES string of the molecule is CCCS(=O)(=O)N1CC(Cc2nccc3ccn(C)c23)C1. The molecule has 1 saturated heterocycles. The van der Waals surface area contributed by atoms with Gasteiger partial charge in [0.2, 0.25) is 10.0 Å². The van der Waals surface area contributed by atoms with Gasteiger partial charge in [-0.3, -0.25) is 4.98 Å². The minimum absolute atomic E-state index is 0.255.